The van der Waals surface area contributed by atoms with Crippen molar-refractivity contribution in [1.82, 2.24) is 4.98 Å². The summed E-state index contributed by atoms with van der Waals surface area (Å²) >= 11 is 0. The molecule has 0 unspecified atom stereocenters. The number of aromatic hydroxyl groups is 1. The predicted octanol–water partition coefficient (Wildman–Crippen LogP) is 5.89. The molecule has 1 aliphatic heterocycles. The summed E-state index contributed by atoms with van der Waals surface area (Å²) in [6.45, 7) is 4.55. The van der Waals surface area contributed by atoms with E-state index in [4.69, 9.17) is 4.98 Å². The van der Waals surface area contributed by atoms with E-state index in [1.54, 1.807) is 0 Å². The van der Waals surface area contributed by atoms with Gasteiger partial charge in [0.05, 0.1) is 0 Å². The quantitative estimate of drug-likeness (QED) is 0.598. The van der Waals surface area contributed by atoms with Crippen molar-refractivity contribution < 1.29 is 5.11 Å². The van der Waals surface area contributed by atoms with Crippen LogP contribution in [0.2, 0.25) is 0 Å². The largest absolute Gasteiger partial charge is 0.508 e. The molecule has 0 bridgehead atoms. The number of rotatable bonds is 3. The number of hydrogen-bond donors (Lipinski definition) is 1. The maximum Gasteiger partial charge on any atom is 0.128 e. The molecule has 3 aromatic rings. The van der Waals surface area contributed by atoms with Crippen LogP contribution >= 0.6 is 0 Å². The van der Waals surface area contributed by atoms with Gasteiger partial charge in [0.2, 0.25) is 0 Å². The van der Waals surface area contributed by atoms with Crippen molar-refractivity contribution in [3.63, 3.8) is 0 Å². The fourth-order valence-electron chi connectivity index (χ4n) is 5.28. The number of anilines is 1. The van der Waals surface area contributed by atoms with Gasteiger partial charge in [0.1, 0.15) is 11.6 Å². The number of aromatic nitrogens is 1. The number of benzene rings is 2. The Labute approximate surface area is 179 Å². The lowest BCUT2D eigenvalue weighted by molar-refractivity contribution is 0.436. The van der Waals surface area contributed by atoms with Crippen molar-refractivity contribution in [3.05, 3.63) is 89.1 Å². The van der Waals surface area contributed by atoms with Crippen LogP contribution in [-0.2, 0) is 6.42 Å². The van der Waals surface area contributed by atoms with Gasteiger partial charge < -0.3 is 10.0 Å². The summed E-state index contributed by atoms with van der Waals surface area (Å²) in [6, 6.07) is 21.2. The van der Waals surface area contributed by atoms with Crippen LogP contribution in [0.4, 0.5) is 5.82 Å². The lowest BCUT2D eigenvalue weighted by Crippen LogP contribution is -2.33. The first kappa shape index (κ1) is 19.2. The Morgan fingerprint density at radius 1 is 0.900 bits per heavy atom. The SMILES string of the molecule is CC1CCN(c2ccc([C@H]3c4ccc(O)cc4CC[C@H]3c3ccccc3)cn2)CC1. The van der Waals surface area contributed by atoms with E-state index in [1.165, 1.54) is 35.1 Å². The summed E-state index contributed by atoms with van der Waals surface area (Å²) in [5, 5.41) is 10.0. The number of phenols is 1. The standard InChI is InChI=1S/C27H30N2O/c1-19-13-15-29(16-14-19)26-12-8-22(18-28-26)27-24(20-5-3-2-4-6-20)10-7-21-17-23(30)9-11-25(21)27/h2-6,8-9,11-12,17-19,24,27,30H,7,10,13-16H2,1H3/t24-,27+/m0/s1. The Balaban J connectivity index is 1.50. The predicted molar refractivity (Wildman–Crippen MR) is 122 cm³/mol. The lowest BCUT2D eigenvalue weighted by Gasteiger charge is -2.35. The molecule has 0 amide bonds. The maximum absolute atomic E-state index is 10.0. The minimum Gasteiger partial charge on any atom is -0.508 e. The molecule has 3 nitrogen and oxygen atoms in total. The molecule has 1 aromatic heterocycles. The molecule has 154 valence electrons. The highest BCUT2D eigenvalue weighted by atomic mass is 16.3. The number of piperidine rings is 1. The van der Waals surface area contributed by atoms with Crippen LogP contribution in [0.25, 0.3) is 0 Å². The van der Waals surface area contributed by atoms with Crippen molar-refractivity contribution >= 4 is 5.82 Å². The van der Waals surface area contributed by atoms with Gasteiger partial charge in [0.15, 0.2) is 0 Å². The van der Waals surface area contributed by atoms with Crippen LogP contribution in [0, 0.1) is 5.92 Å². The average molecular weight is 399 g/mol. The zero-order valence-electron chi connectivity index (χ0n) is 17.7. The summed E-state index contributed by atoms with van der Waals surface area (Å²) in [6.07, 6.45) is 6.67. The van der Waals surface area contributed by atoms with E-state index in [0.717, 1.165) is 37.7 Å². The van der Waals surface area contributed by atoms with E-state index in [2.05, 4.69) is 66.6 Å². The van der Waals surface area contributed by atoms with Crippen LogP contribution in [0.5, 0.6) is 5.75 Å². The molecule has 2 aliphatic rings. The second kappa shape index (κ2) is 8.14. The van der Waals surface area contributed by atoms with Crippen LogP contribution in [0.15, 0.2) is 66.9 Å². The molecular weight excluding hydrogens is 368 g/mol. The van der Waals surface area contributed by atoms with Gasteiger partial charge in [-0.1, -0.05) is 49.4 Å². The zero-order chi connectivity index (χ0) is 20.5. The summed E-state index contributed by atoms with van der Waals surface area (Å²) in [4.78, 5) is 7.32. The molecule has 2 atom stereocenters. The Kier molecular flexibility index (Phi) is 5.20. The van der Waals surface area contributed by atoms with E-state index < -0.39 is 0 Å². The Morgan fingerprint density at radius 3 is 2.43 bits per heavy atom. The first-order valence-corrected chi connectivity index (χ1v) is 11.3. The van der Waals surface area contributed by atoms with Gasteiger partial charge in [-0.15, -0.1) is 0 Å². The Hall–Kier alpha value is -2.81. The van der Waals surface area contributed by atoms with Crippen LogP contribution in [0.1, 0.15) is 60.3 Å². The Bertz CT molecular complexity index is 991. The molecule has 1 fully saturated rings. The number of hydrogen-bond acceptors (Lipinski definition) is 3. The maximum atomic E-state index is 10.0. The molecule has 0 spiro atoms. The second-order valence-electron chi connectivity index (χ2n) is 9.04. The van der Waals surface area contributed by atoms with Gasteiger partial charge in [-0.2, -0.15) is 0 Å². The van der Waals surface area contributed by atoms with Crippen molar-refractivity contribution in [2.45, 2.75) is 44.4 Å². The summed E-state index contributed by atoms with van der Waals surface area (Å²) < 4.78 is 0. The average Bonchev–Trinajstić information content (AvgIpc) is 2.79. The summed E-state index contributed by atoms with van der Waals surface area (Å²) in [5.41, 5.74) is 5.25. The van der Waals surface area contributed by atoms with Crippen LogP contribution < -0.4 is 4.90 Å². The lowest BCUT2D eigenvalue weighted by atomic mass is 9.69. The number of aryl methyl sites for hydroxylation is 1. The van der Waals surface area contributed by atoms with E-state index in [-0.39, 0.29) is 5.92 Å². The molecule has 3 heteroatoms. The van der Waals surface area contributed by atoms with Gasteiger partial charge >= 0.3 is 0 Å². The van der Waals surface area contributed by atoms with E-state index in [9.17, 15) is 5.11 Å². The van der Waals surface area contributed by atoms with Crippen LogP contribution in [0.3, 0.4) is 0 Å². The Morgan fingerprint density at radius 2 is 1.70 bits per heavy atom. The first-order chi connectivity index (χ1) is 14.7. The summed E-state index contributed by atoms with van der Waals surface area (Å²) in [7, 11) is 0. The third-order valence-corrected chi connectivity index (χ3v) is 7.05. The third-order valence-electron chi connectivity index (χ3n) is 7.05. The highest BCUT2D eigenvalue weighted by molar-refractivity contribution is 5.49. The third kappa shape index (κ3) is 3.69. The highest BCUT2D eigenvalue weighted by Gasteiger charge is 2.32. The molecular formula is C27H30N2O. The van der Waals surface area contributed by atoms with Gasteiger partial charge in [-0.05, 0) is 78.0 Å². The molecule has 1 N–H and O–H groups in total. The molecule has 2 heterocycles. The fourth-order valence-corrected chi connectivity index (χ4v) is 5.28. The van der Waals surface area contributed by atoms with Crippen LogP contribution in [-0.4, -0.2) is 23.2 Å². The minimum absolute atomic E-state index is 0.264. The molecule has 0 saturated carbocycles. The molecule has 2 aromatic carbocycles. The number of pyridine rings is 1. The van der Waals surface area contributed by atoms with Gasteiger partial charge in [0.25, 0.3) is 0 Å². The monoisotopic (exact) mass is 398 g/mol. The smallest absolute Gasteiger partial charge is 0.128 e. The van der Waals surface area contributed by atoms with Crippen molar-refractivity contribution in [1.29, 1.82) is 0 Å². The highest BCUT2D eigenvalue weighted by Crippen LogP contribution is 2.46. The zero-order valence-corrected chi connectivity index (χ0v) is 17.7. The second-order valence-corrected chi connectivity index (χ2v) is 9.04. The number of fused-ring (bicyclic) bond motifs is 1. The fraction of sp³-hybridized carbons (Fsp3) is 0.370. The van der Waals surface area contributed by atoms with E-state index in [0.29, 0.717) is 11.7 Å². The summed E-state index contributed by atoms with van der Waals surface area (Å²) in [5.74, 6) is 2.97. The van der Waals surface area contributed by atoms with E-state index in [1.807, 2.05) is 12.1 Å². The topological polar surface area (TPSA) is 36.4 Å². The minimum atomic E-state index is 0.264. The van der Waals surface area contributed by atoms with Crippen molar-refractivity contribution in [3.8, 4) is 5.75 Å². The van der Waals surface area contributed by atoms with Gasteiger partial charge in [-0.25, -0.2) is 4.98 Å². The van der Waals surface area contributed by atoms with Gasteiger partial charge in [-0.3, -0.25) is 0 Å². The molecule has 1 saturated heterocycles. The first-order valence-electron chi connectivity index (χ1n) is 11.3. The van der Waals surface area contributed by atoms with E-state index >= 15 is 0 Å². The number of nitrogens with zero attached hydrogens (tertiary/aromatic N) is 2. The molecule has 30 heavy (non-hydrogen) atoms. The van der Waals surface area contributed by atoms with Gasteiger partial charge in [0, 0.05) is 25.2 Å². The van der Waals surface area contributed by atoms with Crippen molar-refractivity contribution in [2.24, 2.45) is 5.92 Å². The number of phenolic OH excluding ortho intramolecular Hbond substituents is 1. The normalized spacial score (nSPS) is 22.0. The molecule has 5 rings (SSSR count). The molecule has 1 aliphatic carbocycles. The van der Waals surface area contributed by atoms with Crippen molar-refractivity contribution in [2.75, 3.05) is 18.0 Å². The molecule has 0 radical (unpaired) electrons.